The van der Waals surface area contributed by atoms with Crippen LogP contribution in [0.3, 0.4) is 0 Å². The molecule has 0 aromatic heterocycles. The summed E-state index contributed by atoms with van der Waals surface area (Å²) in [5.74, 6) is 0.620. The predicted molar refractivity (Wildman–Crippen MR) is 86.3 cm³/mol. The molecule has 2 rings (SSSR count). The monoisotopic (exact) mass is 318 g/mol. The number of anilines is 1. The van der Waals surface area contributed by atoms with Crippen LogP contribution in [0.5, 0.6) is 11.5 Å². The van der Waals surface area contributed by atoms with Crippen molar-refractivity contribution in [1.82, 2.24) is 5.32 Å². The first-order valence-electron chi connectivity index (χ1n) is 7.10. The Hall–Kier alpha value is -2.76. The van der Waals surface area contributed by atoms with Crippen LogP contribution in [-0.2, 0) is 11.3 Å². The third-order valence-corrected chi connectivity index (χ3v) is 3.27. The van der Waals surface area contributed by atoms with E-state index >= 15 is 0 Å². The van der Waals surface area contributed by atoms with Gasteiger partial charge in [-0.2, -0.15) is 0 Å². The SMILES string of the molecule is COc1ccc(NCC(=O)NCc2ccccc2F)cc1OC. The second-order valence-corrected chi connectivity index (χ2v) is 4.79. The number of halogens is 1. The number of carbonyl (C=O) groups excluding carboxylic acids is 1. The number of carbonyl (C=O) groups is 1. The summed E-state index contributed by atoms with van der Waals surface area (Å²) in [6.45, 7) is 0.225. The molecule has 0 bridgehead atoms. The van der Waals surface area contributed by atoms with Gasteiger partial charge in [0.2, 0.25) is 5.91 Å². The first-order chi connectivity index (χ1) is 11.1. The molecule has 2 N–H and O–H groups in total. The molecule has 0 unspecified atom stereocenters. The standard InChI is InChI=1S/C17H19FN2O3/c1-22-15-8-7-13(9-16(15)23-2)19-11-17(21)20-10-12-5-3-4-6-14(12)18/h3-9,19H,10-11H2,1-2H3,(H,20,21). The molecule has 5 nitrogen and oxygen atoms in total. The smallest absolute Gasteiger partial charge is 0.239 e. The zero-order chi connectivity index (χ0) is 16.7. The average Bonchev–Trinajstić information content (AvgIpc) is 2.58. The third kappa shape index (κ3) is 4.60. The van der Waals surface area contributed by atoms with Gasteiger partial charge in [0.05, 0.1) is 20.8 Å². The van der Waals surface area contributed by atoms with E-state index in [1.165, 1.54) is 6.07 Å². The van der Waals surface area contributed by atoms with Crippen LogP contribution in [-0.4, -0.2) is 26.7 Å². The van der Waals surface area contributed by atoms with Crippen LogP contribution in [0.2, 0.25) is 0 Å². The maximum absolute atomic E-state index is 13.5. The highest BCUT2D eigenvalue weighted by Crippen LogP contribution is 2.29. The van der Waals surface area contributed by atoms with Crippen molar-refractivity contribution in [3.8, 4) is 11.5 Å². The molecule has 0 atom stereocenters. The van der Waals surface area contributed by atoms with E-state index in [9.17, 15) is 9.18 Å². The summed E-state index contributed by atoms with van der Waals surface area (Å²) in [5, 5.41) is 5.64. The van der Waals surface area contributed by atoms with Crippen LogP contribution in [0.4, 0.5) is 10.1 Å². The molecule has 122 valence electrons. The molecule has 23 heavy (non-hydrogen) atoms. The summed E-state index contributed by atoms with van der Waals surface area (Å²) in [4.78, 5) is 11.8. The van der Waals surface area contributed by atoms with E-state index in [0.717, 1.165) is 5.69 Å². The van der Waals surface area contributed by atoms with Gasteiger partial charge in [-0.15, -0.1) is 0 Å². The minimum atomic E-state index is -0.333. The fraction of sp³-hybridized carbons (Fsp3) is 0.235. The van der Waals surface area contributed by atoms with E-state index < -0.39 is 0 Å². The van der Waals surface area contributed by atoms with Gasteiger partial charge in [-0.1, -0.05) is 18.2 Å². The van der Waals surface area contributed by atoms with Crippen molar-refractivity contribution in [1.29, 1.82) is 0 Å². The fourth-order valence-electron chi connectivity index (χ4n) is 2.03. The molecule has 0 aliphatic heterocycles. The van der Waals surface area contributed by atoms with Gasteiger partial charge in [0.1, 0.15) is 5.82 Å². The summed E-state index contributed by atoms with van der Waals surface area (Å²) in [6, 6.07) is 11.6. The zero-order valence-electron chi connectivity index (χ0n) is 13.1. The lowest BCUT2D eigenvalue weighted by Gasteiger charge is -2.11. The zero-order valence-corrected chi connectivity index (χ0v) is 13.1. The number of benzene rings is 2. The predicted octanol–water partition coefficient (Wildman–Crippen LogP) is 2.57. The van der Waals surface area contributed by atoms with E-state index in [2.05, 4.69) is 10.6 Å². The maximum Gasteiger partial charge on any atom is 0.239 e. The molecular formula is C17H19FN2O3. The molecule has 1 amide bonds. The van der Waals surface area contributed by atoms with Crippen LogP contribution in [0.15, 0.2) is 42.5 Å². The Morgan fingerprint density at radius 1 is 1.09 bits per heavy atom. The van der Waals surface area contributed by atoms with E-state index in [4.69, 9.17) is 9.47 Å². The summed E-state index contributed by atoms with van der Waals surface area (Å²) in [5.41, 5.74) is 1.18. The summed E-state index contributed by atoms with van der Waals surface area (Å²) in [6.07, 6.45) is 0. The van der Waals surface area contributed by atoms with Crippen LogP contribution < -0.4 is 20.1 Å². The number of hydrogen-bond acceptors (Lipinski definition) is 4. The van der Waals surface area contributed by atoms with Crippen LogP contribution >= 0.6 is 0 Å². The number of rotatable bonds is 7. The van der Waals surface area contributed by atoms with Crippen molar-refractivity contribution in [2.24, 2.45) is 0 Å². The Morgan fingerprint density at radius 3 is 2.52 bits per heavy atom. The molecule has 0 fully saturated rings. The van der Waals surface area contributed by atoms with Gasteiger partial charge in [-0.3, -0.25) is 4.79 Å². The van der Waals surface area contributed by atoms with Gasteiger partial charge >= 0.3 is 0 Å². The maximum atomic E-state index is 13.5. The fourth-order valence-corrected chi connectivity index (χ4v) is 2.03. The lowest BCUT2D eigenvalue weighted by Crippen LogP contribution is -2.29. The number of ether oxygens (including phenoxy) is 2. The van der Waals surface area contributed by atoms with E-state index in [1.807, 2.05) is 0 Å². The topological polar surface area (TPSA) is 59.6 Å². The first-order valence-corrected chi connectivity index (χ1v) is 7.10. The highest BCUT2D eigenvalue weighted by Gasteiger charge is 2.07. The van der Waals surface area contributed by atoms with Crippen LogP contribution in [0, 0.1) is 5.82 Å². The Labute approximate surface area is 134 Å². The van der Waals surface area contributed by atoms with Crippen molar-refractivity contribution in [3.63, 3.8) is 0 Å². The van der Waals surface area contributed by atoms with Gasteiger partial charge < -0.3 is 20.1 Å². The molecule has 2 aromatic rings. The van der Waals surface area contributed by atoms with Gasteiger partial charge in [-0.05, 0) is 18.2 Å². The Morgan fingerprint density at radius 2 is 1.83 bits per heavy atom. The molecule has 2 aromatic carbocycles. The molecule has 6 heteroatoms. The van der Waals surface area contributed by atoms with Gasteiger partial charge in [0.15, 0.2) is 11.5 Å². The van der Waals surface area contributed by atoms with Crippen LogP contribution in [0.1, 0.15) is 5.56 Å². The van der Waals surface area contributed by atoms with Crippen molar-refractivity contribution in [2.45, 2.75) is 6.54 Å². The van der Waals surface area contributed by atoms with Crippen molar-refractivity contribution >= 4 is 11.6 Å². The van der Waals surface area contributed by atoms with E-state index in [1.54, 1.807) is 50.6 Å². The van der Waals surface area contributed by atoms with Gasteiger partial charge in [0, 0.05) is 23.9 Å². The second kappa shape index (κ2) is 8.03. The third-order valence-electron chi connectivity index (χ3n) is 3.27. The molecule has 0 spiro atoms. The lowest BCUT2D eigenvalue weighted by atomic mass is 10.2. The van der Waals surface area contributed by atoms with Gasteiger partial charge in [0.25, 0.3) is 0 Å². The number of hydrogen-bond donors (Lipinski definition) is 2. The minimum Gasteiger partial charge on any atom is -0.493 e. The average molecular weight is 318 g/mol. The Kier molecular flexibility index (Phi) is 5.80. The molecule has 0 saturated carbocycles. The summed E-state index contributed by atoms with van der Waals surface area (Å²) < 4.78 is 23.8. The second-order valence-electron chi connectivity index (χ2n) is 4.79. The minimum absolute atomic E-state index is 0.0733. The molecular weight excluding hydrogens is 299 g/mol. The van der Waals surface area contributed by atoms with Crippen molar-refractivity contribution < 1.29 is 18.7 Å². The normalized spacial score (nSPS) is 10.0. The quantitative estimate of drug-likeness (QED) is 0.824. The molecule has 0 saturated heterocycles. The lowest BCUT2D eigenvalue weighted by molar-refractivity contribution is -0.119. The molecule has 0 heterocycles. The van der Waals surface area contributed by atoms with Gasteiger partial charge in [-0.25, -0.2) is 4.39 Å². The number of amides is 1. The van der Waals surface area contributed by atoms with Crippen molar-refractivity contribution in [2.75, 3.05) is 26.1 Å². The largest absolute Gasteiger partial charge is 0.493 e. The number of nitrogens with one attached hydrogen (secondary N) is 2. The molecule has 0 radical (unpaired) electrons. The van der Waals surface area contributed by atoms with Crippen molar-refractivity contribution in [3.05, 3.63) is 53.8 Å². The van der Waals surface area contributed by atoms with E-state index in [0.29, 0.717) is 17.1 Å². The number of methoxy groups -OCH3 is 2. The highest BCUT2D eigenvalue weighted by molar-refractivity contribution is 5.80. The summed E-state index contributed by atoms with van der Waals surface area (Å²) >= 11 is 0. The Bertz CT molecular complexity index is 677. The molecule has 0 aliphatic rings. The Balaban J connectivity index is 1.86. The highest BCUT2D eigenvalue weighted by atomic mass is 19.1. The van der Waals surface area contributed by atoms with E-state index in [-0.39, 0.29) is 24.8 Å². The van der Waals surface area contributed by atoms with Crippen LogP contribution in [0.25, 0.3) is 0 Å². The molecule has 0 aliphatic carbocycles. The summed E-state index contributed by atoms with van der Waals surface area (Å²) in [7, 11) is 3.10. The first kappa shape index (κ1) is 16.6.